The number of nitrogens with one attached hydrogen (secondary N) is 1. The van der Waals surface area contributed by atoms with E-state index in [2.05, 4.69) is 10.3 Å². The maximum atomic E-state index is 14.1. The number of rotatable bonds is 8. The molecule has 3 atom stereocenters. The van der Waals surface area contributed by atoms with Gasteiger partial charge in [-0.15, -0.1) is 11.8 Å². The minimum Gasteiger partial charge on any atom is -0.392 e. The monoisotopic (exact) mass is 602 g/mol. The molecule has 0 spiro atoms. The number of thioether (sulfide) groups is 1. The lowest BCUT2D eigenvalue weighted by molar-refractivity contribution is -0.245. The van der Waals surface area contributed by atoms with Crippen molar-refractivity contribution in [3.05, 3.63) is 124 Å². The number of nitrogens with zero attached hydrogens (tertiary/aromatic N) is 1. The molecule has 1 aliphatic heterocycles. The number of halogens is 5. The number of aromatic nitrogens is 1. The van der Waals surface area contributed by atoms with Gasteiger partial charge in [0, 0.05) is 29.6 Å². The number of carbonyl (C=O) groups is 1. The molecule has 0 unspecified atom stereocenters. The molecule has 12 heteroatoms. The third kappa shape index (κ3) is 6.46. The predicted octanol–water partition coefficient (Wildman–Crippen LogP) is 6.86. The fourth-order valence-corrected chi connectivity index (χ4v) is 5.24. The fraction of sp³-hybridized carbons (Fsp3) is 0.200. The van der Waals surface area contributed by atoms with Crippen LogP contribution in [-0.2, 0) is 16.1 Å². The molecule has 42 heavy (non-hydrogen) atoms. The summed E-state index contributed by atoms with van der Waals surface area (Å²) in [6.45, 7) is -0.0892. The summed E-state index contributed by atoms with van der Waals surface area (Å²) < 4.78 is 81.1. The van der Waals surface area contributed by atoms with Crippen molar-refractivity contribution in [1.82, 2.24) is 4.98 Å². The standard InChI is InChI=1S/C30H23F5N2O4S/c31-24-23(25(32)27(34)28(35)26(24)33)29(39)37-19-10-8-18(9-11-19)30-40-20(15-42-22-3-1-2-12-36-22)13-21(41-30)17-6-4-16(14-38)5-7-17/h1-12,20-21,30,38H,13-15H2,(H,37,39)/t20-,21+,30+/m1/s1. The first kappa shape index (κ1) is 29.6. The summed E-state index contributed by atoms with van der Waals surface area (Å²) in [5, 5.41) is 12.4. The molecular weight excluding hydrogens is 579 g/mol. The van der Waals surface area contributed by atoms with Crippen molar-refractivity contribution in [2.75, 3.05) is 11.1 Å². The minimum atomic E-state index is -2.35. The van der Waals surface area contributed by atoms with E-state index in [0.717, 1.165) is 16.2 Å². The van der Waals surface area contributed by atoms with Crippen LogP contribution in [0.3, 0.4) is 0 Å². The number of hydrogen-bond acceptors (Lipinski definition) is 6. The summed E-state index contributed by atoms with van der Waals surface area (Å²) >= 11 is 1.53. The lowest BCUT2D eigenvalue weighted by atomic mass is 10.0. The van der Waals surface area contributed by atoms with E-state index >= 15 is 0 Å². The zero-order valence-electron chi connectivity index (χ0n) is 21.7. The fourth-order valence-electron chi connectivity index (χ4n) is 4.35. The Morgan fingerprint density at radius 3 is 2.12 bits per heavy atom. The number of hydrogen-bond donors (Lipinski definition) is 2. The van der Waals surface area contributed by atoms with Gasteiger partial charge in [0.25, 0.3) is 5.91 Å². The minimum absolute atomic E-state index is 0.0434. The first-order valence-electron chi connectivity index (χ1n) is 12.7. The smallest absolute Gasteiger partial charge is 0.261 e. The molecule has 1 aromatic heterocycles. The number of carbonyl (C=O) groups excluding carboxylic acids is 1. The van der Waals surface area contributed by atoms with Crippen molar-refractivity contribution in [1.29, 1.82) is 0 Å². The number of amides is 1. The maximum absolute atomic E-state index is 14.1. The Morgan fingerprint density at radius 1 is 0.857 bits per heavy atom. The number of aliphatic hydroxyl groups is 1. The van der Waals surface area contributed by atoms with Crippen LogP contribution in [0.25, 0.3) is 0 Å². The molecule has 1 amide bonds. The molecule has 218 valence electrons. The van der Waals surface area contributed by atoms with E-state index in [1.165, 1.54) is 23.9 Å². The van der Waals surface area contributed by atoms with E-state index < -0.39 is 46.8 Å². The van der Waals surface area contributed by atoms with Gasteiger partial charge in [-0.25, -0.2) is 26.9 Å². The van der Waals surface area contributed by atoms with E-state index in [1.807, 2.05) is 42.5 Å². The Labute approximate surface area is 241 Å². The average molecular weight is 603 g/mol. The number of ether oxygens (including phenoxy) is 2. The Bertz CT molecular complexity index is 1530. The molecule has 0 aliphatic carbocycles. The SMILES string of the molecule is O=C(Nc1ccc([C@H]2O[C@@H](CSc3ccccn3)C[C@@H](c3ccc(CO)cc3)O2)cc1)c1c(F)c(F)c(F)c(F)c1F. The van der Waals surface area contributed by atoms with Gasteiger partial charge >= 0.3 is 0 Å². The van der Waals surface area contributed by atoms with E-state index in [1.54, 1.807) is 18.3 Å². The van der Waals surface area contributed by atoms with Gasteiger partial charge in [0.2, 0.25) is 5.82 Å². The lowest BCUT2D eigenvalue weighted by Crippen LogP contribution is -2.31. The first-order valence-corrected chi connectivity index (χ1v) is 13.7. The largest absolute Gasteiger partial charge is 0.392 e. The quantitative estimate of drug-likeness (QED) is 0.0993. The van der Waals surface area contributed by atoms with Crippen LogP contribution in [0, 0.1) is 29.1 Å². The second kappa shape index (κ2) is 13.0. The lowest BCUT2D eigenvalue weighted by Gasteiger charge is -2.36. The second-order valence-electron chi connectivity index (χ2n) is 9.35. The zero-order valence-corrected chi connectivity index (χ0v) is 22.5. The molecule has 2 heterocycles. The van der Waals surface area contributed by atoms with Crippen LogP contribution >= 0.6 is 11.8 Å². The Hall–Kier alpha value is -3.84. The highest BCUT2D eigenvalue weighted by atomic mass is 32.2. The summed E-state index contributed by atoms with van der Waals surface area (Å²) in [7, 11) is 0. The van der Waals surface area contributed by atoms with Crippen LogP contribution in [0.4, 0.5) is 27.6 Å². The van der Waals surface area contributed by atoms with Crippen LogP contribution in [-0.4, -0.2) is 27.9 Å². The van der Waals surface area contributed by atoms with Crippen LogP contribution in [0.5, 0.6) is 0 Å². The molecule has 4 aromatic rings. The van der Waals surface area contributed by atoms with Crippen molar-refractivity contribution in [2.45, 2.75) is 36.6 Å². The van der Waals surface area contributed by atoms with Gasteiger partial charge < -0.3 is 19.9 Å². The number of pyridine rings is 1. The molecule has 3 aromatic carbocycles. The highest BCUT2D eigenvalue weighted by Gasteiger charge is 2.33. The molecule has 6 nitrogen and oxygen atoms in total. The van der Waals surface area contributed by atoms with Crippen LogP contribution < -0.4 is 5.32 Å². The number of aliphatic hydroxyl groups excluding tert-OH is 1. The topological polar surface area (TPSA) is 80.7 Å². The van der Waals surface area contributed by atoms with Crippen LogP contribution in [0.15, 0.2) is 78.0 Å². The van der Waals surface area contributed by atoms with Gasteiger partial charge in [-0.1, -0.05) is 42.5 Å². The summed E-state index contributed by atoms with van der Waals surface area (Å²) in [5.41, 5.74) is 0.668. The number of anilines is 1. The molecule has 5 rings (SSSR count). The molecule has 0 bridgehead atoms. The van der Waals surface area contributed by atoms with E-state index in [0.29, 0.717) is 17.7 Å². The van der Waals surface area contributed by atoms with Crippen LogP contribution in [0.2, 0.25) is 0 Å². The van der Waals surface area contributed by atoms with Crippen molar-refractivity contribution in [2.24, 2.45) is 0 Å². The zero-order chi connectivity index (χ0) is 29.8. The van der Waals surface area contributed by atoms with Crippen molar-refractivity contribution in [3.63, 3.8) is 0 Å². The normalized spacial score (nSPS) is 18.6. The Balaban J connectivity index is 1.33. The molecule has 1 fully saturated rings. The molecule has 0 radical (unpaired) electrons. The van der Waals surface area contributed by atoms with Gasteiger partial charge in [-0.2, -0.15) is 0 Å². The van der Waals surface area contributed by atoms with E-state index in [-0.39, 0.29) is 24.5 Å². The molecule has 2 N–H and O–H groups in total. The highest BCUT2D eigenvalue weighted by Crippen LogP contribution is 2.39. The Morgan fingerprint density at radius 2 is 1.50 bits per heavy atom. The van der Waals surface area contributed by atoms with Crippen LogP contribution in [0.1, 0.15) is 45.9 Å². The van der Waals surface area contributed by atoms with E-state index in [9.17, 15) is 31.9 Å². The Kier molecular flexibility index (Phi) is 9.17. The van der Waals surface area contributed by atoms with Crippen molar-refractivity contribution < 1.29 is 41.3 Å². The van der Waals surface area contributed by atoms with Gasteiger partial charge in [0.05, 0.1) is 23.8 Å². The molecule has 1 aliphatic rings. The predicted molar refractivity (Wildman–Crippen MR) is 144 cm³/mol. The van der Waals surface area contributed by atoms with Crippen molar-refractivity contribution >= 4 is 23.4 Å². The summed E-state index contributed by atoms with van der Waals surface area (Å²) in [5.74, 6) is -12.1. The second-order valence-corrected chi connectivity index (χ2v) is 10.4. The molecule has 0 saturated carbocycles. The molecular formula is C30H23F5N2O4S. The summed E-state index contributed by atoms with van der Waals surface area (Å²) in [4.78, 5) is 16.7. The van der Waals surface area contributed by atoms with Gasteiger partial charge in [-0.05, 0) is 35.4 Å². The van der Waals surface area contributed by atoms with Crippen molar-refractivity contribution in [3.8, 4) is 0 Å². The summed E-state index contributed by atoms with van der Waals surface area (Å²) in [6, 6.07) is 18.9. The third-order valence-corrected chi connectivity index (χ3v) is 7.62. The number of benzene rings is 3. The van der Waals surface area contributed by atoms with Gasteiger partial charge in [0.15, 0.2) is 29.6 Å². The third-order valence-electron chi connectivity index (χ3n) is 6.55. The first-order chi connectivity index (χ1) is 20.2. The highest BCUT2D eigenvalue weighted by molar-refractivity contribution is 7.99. The summed E-state index contributed by atoms with van der Waals surface area (Å²) in [6.07, 6.45) is 0.834. The maximum Gasteiger partial charge on any atom is 0.261 e. The molecule has 1 saturated heterocycles. The van der Waals surface area contributed by atoms with E-state index in [4.69, 9.17) is 9.47 Å². The van der Waals surface area contributed by atoms with Gasteiger partial charge in [-0.3, -0.25) is 4.79 Å². The van der Waals surface area contributed by atoms with Gasteiger partial charge in [0.1, 0.15) is 5.56 Å². The average Bonchev–Trinajstić information content (AvgIpc) is 3.02.